The van der Waals surface area contributed by atoms with Crippen molar-refractivity contribution in [2.24, 2.45) is 0 Å². The average Bonchev–Trinajstić information content (AvgIpc) is 2.39. The normalized spacial score (nSPS) is 10.1. The molecule has 0 bridgehead atoms. The van der Waals surface area contributed by atoms with Gasteiger partial charge in [0.2, 0.25) is 0 Å². The third-order valence-corrected chi connectivity index (χ3v) is 1.26. The quantitative estimate of drug-likeness (QED) is 0.537. The maximum absolute atomic E-state index is 4.61. The van der Waals surface area contributed by atoms with Gasteiger partial charge >= 0.3 is 0 Å². The molecule has 0 saturated heterocycles. The van der Waals surface area contributed by atoms with Gasteiger partial charge in [-0.1, -0.05) is 31.2 Å². The minimum atomic E-state index is 1.05. The molecule has 0 aromatic heterocycles. The van der Waals surface area contributed by atoms with E-state index in [0.29, 0.717) is 0 Å². The molecule has 0 spiro atoms. The van der Waals surface area contributed by atoms with Crippen molar-refractivity contribution < 1.29 is 14.2 Å². The number of rotatable bonds is 5. The molecule has 0 atom stereocenters. The molecule has 0 fully saturated rings. The first-order valence-corrected chi connectivity index (χ1v) is 5.87. The molecule has 106 valence electrons. The number of hydrogen-bond donors (Lipinski definition) is 0. The summed E-state index contributed by atoms with van der Waals surface area (Å²) < 4.78 is 13.7. The van der Waals surface area contributed by atoms with Gasteiger partial charge in [-0.05, 0) is 26.3 Å². The molecular weight excluding hydrogens is 228 g/mol. The molecule has 18 heavy (non-hydrogen) atoms. The van der Waals surface area contributed by atoms with Gasteiger partial charge in [0, 0.05) is 0 Å². The predicted octanol–water partition coefficient (Wildman–Crippen LogP) is 4.45. The molecule has 0 saturated carbocycles. The molecule has 3 heteroatoms. The van der Waals surface area contributed by atoms with Crippen LogP contribution in [0, 0.1) is 0 Å². The second-order valence-corrected chi connectivity index (χ2v) is 2.81. The fourth-order valence-electron chi connectivity index (χ4n) is 0.564. The summed E-state index contributed by atoms with van der Waals surface area (Å²) in [6.45, 7) is 5.93. The summed E-state index contributed by atoms with van der Waals surface area (Å²) in [6.07, 6.45) is 15.5. The Morgan fingerprint density at radius 2 is 1.28 bits per heavy atom. The Hall–Kier alpha value is -1.64. The van der Waals surface area contributed by atoms with Gasteiger partial charge in [0.1, 0.15) is 0 Å². The van der Waals surface area contributed by atoms with E-state index in [0.717, 1.165) is 6.42 Å². The molecular formula is C15H28O3. The molecule has 0 amide bonds. The first kappa shape index (κ1) is 21.6. The summed E-state index contributed by atoms with van der Waals surface area (Å²) in [6, 6.07) is 0. The maximum atomic E-state index is 4.61. The van der Waals surface area contributed by atoms with Gasteiger partial charge in [-0.15, -0.1) is 0 Å². The van der Waals surface area contributed by atoms with Gasteiger partial charge in [-0.25, -0.2) is 0 Å². The van der Waals surface area contributed by atoms with Gasteiger partial charge in [-0.3, -0.25) is 0 Å². The van der Waals surface area contributed by atoms with Crippen LogP contribution in [0.15, 0.2) is 49.2 Å². The second-order valence-electron chi connectivity index (χ2n) is 2.81. The van der Waals surface area contributed by atoms with Crippen LogP contribution in [-0.2, 0) is 14.2 Å². The lowest BCUT2D eigenvalue weighted by Crippen LogP contribution is -1.61. The molecule has 0 heterocycles. The van der Waals surface area contributed by atoms with Crippen LogP contribution in [0.25, 0.3) is 0 Å². The summed E-state index contributed by atoms with van der Waals surface area (Å²) in [4.78, 5) is 0. The Morgan fingerprint density at radius 3 is 1.50 bits per heavy atom. The Morgan fingerprint density at radius 1 is 0.722 bits per heavy atom. The molecule has 0 aliphatic rings. The van der Waals surface area contributed by atoms with Crippen LogP contribution in [-0.4, -0.2) is 21.3 Å². The molecule has 0 aliphatic heterocycles. The van der Waals surface area contributed by atoms with E-state index < -0.39 is 0 Å². The smallest absolute Gasteiger partial charge is 0.0824 e. The highest BCUT2D eigenvalue weighted by molar-refractivity contribution is 4.97. The van der Waals surface area contributed by atoms with Crippen molar-refractivity contribution in [3.05, 3.63) is 49.2 Å². The first-order chi connectivity index (χ1) is 8.74. The van der Waals surface area contributed by atoms with E-state index in [4.69, 9.17) is 0 Å². The van der Waals surface area contributed by atoms with Gasteiger partial charge < -0.3 is 14.2 Å². The number of methoxy groups -OCH3 is 3. The van der Waals surface area contributed by atoms with Crippen molar-refractivity contribution in [2.75, 3.05) is 21.3 Å². The lowest BCUT2D eigenvalue weighted by molar-refractivity contribution is 0.336. The van der Waals surface area contributed by atoms with Crippen LogP contribution in [0.5, 0.6) is 0 Å². The largest absolute Gasteiger partial charge is 0.505 e. The van der Waals surface area contributed by atoms with E-state index >= 15 is 0 Å². The molecule has 0 aliphatic carbocycles. The summed E-state index contributed by atoms with van der Waals surface area (Å²) in [5.74, 6) is 0. The zero-order valence-corrected chi connectivity index (χ0v) is 12.6. The topological polar surface area (TPSA) is 27.7 Å². The highest BCUT2D eigenvalue weighted by atomic mass is 16.5. The van der Waals surface area contributed by atoms with Crippen molar-refractivity contribution in [1.82, 2.24) is 0 Å². The van der Waals surface area contributed by atoms with Crippen LogP contribution < -0.4 is 0 Å². The van der Waals surface area contributed by atoms with Crippen LogP contribution in [0.1, 0.15) is 27.2 Å². The Labute approximate surface area is 112 Å². The predicted molar refractivity (Wildman–Crippen MR) is 79.2 cm³/mol. The Bertz CT molecular complexity index is 210. The molecule has 0 rings (SSSR count). The SMILES string of the molecule is C/C=C/C=C/OC.C/C=C/OC.CC/C=C/OC. The molecule has 0 unspecified atom stereocenters. The van der Waals surface area contributed by atoms with Crippen LogP contribution in [0.3, 0.4) is 0 Å². The van der Waals surface area contributed by atoms with E-state index in [2.05, 4.69) is 21.1 Å². The fourth-order valence-corrected chi connectivity index (χ4v) is 0.564. The van der Waals surface area contributed by atoms with Gasteiger partial charge in [0.05, 0.1) is 40.1 Å². The Kier molecular flexibility index (Phi) is 35.5. The van der Waals surface area contributed by atoms with E-state index in [-0.39, 0.29) is 0 Å². The Balaban J connectivity index is -0.000000190. The highest BCUT2D eigenvalue weighted by Gasteiger charge is 1.58. The summed E-state index contributed by atoms with van der Waals surface area (Å²) in [7, 11) is 4.89. The van der Waals surface area contributed by atoms with Crippen LogP contribution in [0.2, 0.25) is 0 Å². The van der Waals surface area contributed by atoms with Crippen LogP contribution >= 0.6 is 0 Å². The standard InChI is InChI=1S/C6H10O.C5H10O.C4H8O/c1-3-4-5-6-7-2;1-3-4-5-6-2;1-3-4-5-2/h3-6H,1-2H3;4-5H,3H2,1-2H3;3-4H,1-2H3/b4-3+,6-5+;5-4+;4-3+. The first-order valence-electron chi connectivity index (χ1n) is 5.87. The second kappa shape index (κ2) is 29.5. The third-order valence-electron chi connectivity index (χ3n) is 1.26. The highest BCUT2D eigenvalue weighted by Crippen LogP contribution is 1.76. The van der Waals surface area contributed by atoms with Crippen LogP contribution in [0.4, 0.5) is 0 Å². The molecule has 0 N–H and O–H groups in total. The van der Waals surface area contributed by atoms with E-state index in [1.54, 1.807) is 40.1 Å². The van der Waals surface area contributed by atoms with Crippen molar-refractivity contribution in [2.45, 2.75) is 27.2 Å². The number of hydrogen-bond acceptors (Lipinski definition) is 3. The van der Waals surface area contributed by atoms with Gasteiger partial charge in [0.15, 0.2) is 0 Å². The zero-order chi connectivity index (χ0) is 14.5. The maximum Gasteiger partial charge on any atom is 0.0824 e. The lowest BCUT2D eigenvalue weighted by atomic mass is 10.5. The molecule has 0 radical (unpaired) electrons. The van der Waals surface area contributed by atoms with Crippen molar-refractivity contribution >= 4 is 0 Å². The minimum absolute atomic E-state index is 1.05. The molecule has 0 aromatic carbocycles. The lowest BCUT2D eigenvalue weighted by Gasteiger charge is -1.80. The summed E-state index contributed by atoms with van der Waals surface area (Å²) >= 11 is 0. The average molecular weight is 256 g/mol. The summed E-state index contributed by atoms with van der Waals surface area (Å²) in [5.41, 5.74) is 0. The van der Waals surface area contributed by atoms with E-state index in [9.17, 15) is 0 Å². The third kappa shape index (κ3) is 47.3. The fraction of sp³-hybridized carbons (Fsp3) is 0.467. The van der Waals surface area contributed by atoms with E-state index in [1.807, 2.05) is 44.2 Å². The number of ether oxygens (including phenoxy) is 3. The summed E-state index contributed by atoms with van der Waals surface area (Å²) in [5, 5.41) is 0. The van der Waals surface area contributed by atoms with Crippen molar-refractivity contribution in [3.63, 3.8) is 0 Å². The van der Waals surface area contributed by atoms with Crippen molar-refractivity contribution in [3.8, 4) is 0 Å². The van der Waals surface area contributed by atoms with Gasteiger partial charge in [0.25, 0.3) is 0 Å². The monoisotopic (exact) mass is 256 g/mol. The zero-order valence-electron chi connectivity index (χ0n) is 12.6. The molecule has 3 nitrogen and oxygen atoms in total. The minimum Gasteiger partial charge on any atom is -0.505 e. The van der Waals surface area contributed by atoms with E-state index in [1.165, 1.54) is 0 Å². The number of allylic oxidation sites excluding steroid dienone is 5. The molecule has 0 aromatic rings. The van der Waals surface area contributed by atoms with Crippen molar-refractivity contribution in [1.29, 1.82) is 0 Å². The van der Waals surface area contributed by atoms with Gasteiger partial charge in [-0.2, -0.15) is 0 Å².